The third kappa shape index (κ3) is 3.56. The van der Waals surface area contributed by atoms with E-state index in [1.807, 2.05) is 12.1 Å². The monoisotopic (exact) mass is 273 g/mol. The molecule has 0 aliphatic heterocycles. The Morgan fingerprint density at radius 3 is 2.74 bits per heavy atom. The normalized spacial score (nSPS) is 10.6. The van der Waals surface area contributed by atoms with Gasteiger partial charge in [-0.25, -0.2) is 5.43 Å². The van der Waals surface area contributed by atoms with Crippen LogP contribution in [-0.4, -0.2) is 12.1 Å². The van der Waals surface area contributed by atoms with Crippen molar-refractivity contribution >= 4 is 29.4 Å². The van der Waals surface area contributed by atoms with Crippen molar-refractivity contribution in [1.29, 1.82) is 0 Å². The van der Waals surface area contributed by atoms with Gasteiger partial charge in [-0.15, -0.1) is 0 Å². The van der Waals surface area contributed by atoms with Crippen molar-refractivity contribution in [1.82, 2.24) is 5.43 Å². The number of amides is 1. The van der Waals surface area contributed by atoms with Crippen molar-refractivity contribution in [3.63, 3.8) is 0 Å². The van der Waals surface area contributed by atoms with Crippen molar-refractivity contribution in [2.45, 2.75) is 0 Å². The highest BCUT2D eigenvalue weighted by atomic mass is 35.5. The van der Waals surface area contributed by atoms with Gasteiger partial charge in [0.25, 0.3) is 5.91 Å². The fourth-order valence-electron chi connectivity index (χ4n) is 1.48. The fraction of sp³-hybridized carbons (Fsp3) is 0. The first-order valence-corrected chi connectivity index (χ1v) is 5.98. The lowest BCUT2D eigenvalue weighted by Gasteiger charge is -2.01. The van der Waals surface area contributed by atoms with Crippen LogP contribution in [-0.2, 0) is 0 Å². The fourth-order valence-corrected chi connectivity index (χ4v) is 1.67. The zero-order valence-electron chi connectivity index (χ0n) is 10.0. The minimum absolute atomic E-state index is 0.324. The maximum Gasteiger partial charge on any atom is 0.271 e. The van der Waals surface area contributed by atoms with E-state index in [-0.39, 0.29) is 5.91 Å². The molecule has 96 valence electrons. The summed E-state index contributed by atoms with van der Waals surface area (Å²) >= 11 is 5.96. The molecule has 1 amide bonds. The van der Waals surface area contributed by atoms with Crippen LogP contribution in [0, 0.1) is 0 Å². The van der Waals surface area contributed by atoms with Crippen LogP contribution in [0.25, 0.3) is 0 Å². The molecule has 0 radical (unpaired) electrons. The summed E-state index contributed by atoms with van der Waals surface area (Å²) < 4.78 is 0. The highest BCUT2D eigenvalue weighted by Crippen LogP contribution is 2.12. The molecule has 0 aliphatic rings. The van der Waals surface area contributed by atoms with Gasteiger partial charge in [-0.2, -0.15) is 5.10 Å². The molecule has 0 unspecified atom stereocenters. The standard InChI is InChI=1S/C14H12ClN3O/c15-13-7-2-1-4-11(13)9-17-18-14(19)10-5-3-6-12(16)8-10/h1-9H,16H2,(H,18,19)/b17-9-. The Labute approximate surface area is 115 Å². The number of hydrazone groups is 1. The number of nitrogens with zero attached hydrogens (tertiary/aromatic N) is 1. The van der Waals surface area contributed by atoms with Crippen molar-refractivity contribution in [2.24, 2.45) is 5.10 Å². The van der Waals surface area contributed by atoms with E-state index in [4.69, 9.17) is 17.3 Å². The molecule has 0 heterocycles. The molecular formula is C14H12ClN3O. The molecule has 0 aromatic heterocycles. The van der Waals surface area contributed by atoms with Crippen LogP contribution in [0.4, 0.5) is 5.69 Å². The Balaban J connectivity index is 2.03. The maximum atomic E-state index is 11.8. The quantitative estimate of drug-likeness (QED) is 0.513. The van der Waals surface area contributed by atoms with E-state index >= 15 is 0 Å². The summed E-state index contributed by atoms with van der Waals surface area (Å²) in [5, 5.41) is 4.43. The van der Waals surface area contributed by atoms with Gasteiger partial charge in [0.05, 0.1) is 6.21 Å². The average Bonchev–Trinajstić information content (AvgIpc) is 2.41. The second kappa shape index (κ2) is 6.02. The van der Waals surface area contributed by atoms with E-state index in [0.717, 1.165) is 5.56 Å². The minimum atomic E-state index is -0.324. The Morgan fingerprint density at radius 1 is 1.21 bits per heavy atom. The number of anilines is 1. The smallest absolute Gasteiger partial charge is 0.271 e. The van der Waals surface area contributed by atoms with E-state index in [0.29, 0.717) is 16.3 Å². The Kier molecular flexibility index (Phi) is 4.15. The number of nitrogen functional groups attached to an aromatic ring is 1. The van der Waals surface area contributed by atoms with Crippen molar-refractivity contribution < 1.29 is 4.79 Å². The summed E-state index contributed by atoms with van der Waals surface area (Å²) in [5.41, 5.74) is 9.74. The lowest BCUT2D eigenvalue weighted by molar-refractivity contribution is 0.0955. The second-order valence-electron chi connectivity index (χ2n) is 3.85. The molecule has 0 bridgehead atoms. The first-order chi connectivity index (χ1) is 9.16. The van der Waals surface area contributed by atoms with Crippen molar-refractivity contribution in [2.75, 3.05) is 5.73 Å². The summed E-state index contributed by atoms with van der Waals surface area (Å²) in [4.78, 5) is 11.8. The maximum absolute atomic E-state index is 11.8. The molecule has 0 atom stereocenters. The van der Waals surface area contributed by atoms with Crippen LogP contribution >= 0.6 is 11.6 Å². The molecule has 3 N–H and O–H groups in total. The van der Waals surface area contributed by atoms with Crippen LogP contribution in [0.5, 0.6) is 0 Å². The Bertz CT molecular complexity index is 626. The molecule has 0 aliphatic carbocycles. The second-order valence-corrected chi connectivity index (χ2v) is 4.25. The molecule has 2 rings (SSSR count). The van der Waals surface area contributed by atoms with Gasteiger partial charge in [-0.3, -0.25) is 4.79 Å². The Hall–Kier alpha value is -2.33. The van der Waals surface area contributed by atoms with E-state index in [9.17, 15) is 4.79 Å². The summed E-state index contributed by atoms with van der Waals surface area (Å²) in [6.45, 7) is 0. The predicted molar refractivity (Wildman–Crippen MR) is 77.4 cm³/mol. The lowest BCUT2D eigenvalue weighted by atomic mass is 10.2. The van der Waals surface area contributed by atoms with Crippen LogP contribution in [0.1, 0.15) is 15.9 Å². The summed E-state index contributed by atoms with van der Waals surface area (Å²) in [6.07, 6.45) is 1.49. The first-order valence-electron chi connectivity index (χ1n) is 5.60. The zero-order valence-corrected chi connectivity index (χ0v) is 10.8. The number of benzene rings is 2. The van der Waals surface area contributed by atoms with Gasteiger partial charge < -0.3 is 5.73 Å². The molecule has 2 aromatic rings. The molecule has 0 saturated carbocycles. The van der Waals surface area contributed by atoms with Crippen LogP contribution < -0.4 is 11.2 Å². The largest absolute Gasteiger partial charge is 0.399 e. The first kappa shape index (κ1) is 13.1. The minimum Gasteiger partial charge on any atom is -0.399 e. The van der Waals surface area contributed by atoms with Crippen LogP contribution in [0.3, 0.4) is 0 Å². The number of nitrogens with one attached hydrogen (secondary N) is 1. The molecule has 0 saturated heterocycles. The summed E-state index contributed by atoms with van der Waals surface area (Å²) in [5.74, 6) is -0.324. The van der Waals surface area contributed by atoms with Crippen molar-refractivity contribution in [3.05, 3.63) is 64.7 Å². The van der Waals surface area contributed by atoms with Gasteiger partial charge >= 0.3 is 0 Å². The molecule has 19 heavy (non-hydrogen) atoms. The third-order valence-electron chi connectivity index (χ3n) is 2.42. The van der Waals surface area contributed by atoms with Gasteiger partial charge in [0, 0.05) is 21.8 Å². The molecule has 4 nitrogen and oxygen atoms in total. The van der Waals surface area contributed by atoms with E-state index in [2.05, 4.69) is 10.5 Å². The molecule has 0 spiro atoms. The van der Waals surface area contributed by atoms with Gasteiger partial charge in [-0.05, 0) is 24.3 Å². The van der Waals surface area contributed by atoms with E-state index in [1.165, 1.54) is 6.21 Å². The van der Waals surface area contributed by atoms with Gasteiger partial charge in [0.1, 0.15) is 0 Å². The number of nitrogens with two attached hydrogens (primary N) is 1. The zero-order chi connectivity index (χ0) is 13.7. The number of hydrogen-bond acceptors (Lipinski definition) is 3. The topological polar surface area (TPSA) is 67.5 Å². The van der Waals surface area contributed by atoms with Crippen molar-refractivity contribution in [3.8, 4) is 0 Å². The number of hydrogen-bond donors (Lipinski definition) is 2. The van der Waals surface area contributed by atoms with Gasteiger partial charge in [0.2, 0.25) is 0 Å². The number of carbonyl (C=O) groups excluding carboxylic acids is 1. The number of rotatable bonds is 3. The summed E-state index contributed by atoms with van der Waals surface area (Å²) in [6, 6.07) is 13.9. The van der Waals surface area contributed by atoms with Gasteiger partial charge in [0.15, 0.2) is 0 Å². The van der Waals surface area contributed by atoms with Gasteiger partial charge in [-0.1, -0.05) is 35.9 Å². The predicted octanol–water partition coefficient (Wildman–Crippen LogP) is 2.69. The third-order valence-corrected chi connectivity index (χ3v) is 2.77. The number of carbonyl (C=O) groups is 1. The van der Waals surface area contributed by atoms with E-state index in [1.54, 1.807) is 36.4 Å². The molecule has 2 aromatic carbocycles. The molecule has 5 heteroatoms. The average molecular weight is 274 g/mol. The highest BCUT2D eigenvalue weighted by Gasteiger charge is 2.03. The lowest BCUT2D eigenvalue weighted by Crippen LogP contribution is -2.17. The van der Waals surface area contributed by atoms with Crippen LogP contribution in [0.15, 0.2) is 53.6 Å². The molecular weight excluding hydrogens is 262 g/mol. The highest BCUT2D eigenvalue weighted by molar-refractivity contribution is 6.33. The number of halogens is 1. The molecule has 0 fully saturated rings. The Morgan fingerprint density at radius 2 is 2.00 bits per heavy atom. The van der Waals surface area contributed by atoms with Crippen LogP contribution in [0.2, 0.25) is 5.02 Å². The SMILES string of the molecule is Nc1cccc(C(=O)N/N=C\c2ccccc2Cl)c1. The summed E-state index contributed by atoms with van der Waals surface area (Å²) in [7, 11) is 0. The van der Waals surface area contributed by atoms with E-state index < -0.39 is 0 Å².